The molecule has 2 N–H and O–H groups in total. The fourth-order valence-corrected chi connectivity index (χ4v) is 1.83. The van der Waals surface area contributed by atoms with Gasteiger partial charge in [0.1, 0.15) is 0 Å². The Bertz CT molecular complexity index is 528. The average Bonchev–Trinajstić information content (AvgIpc) is 2.62. The number of rotatable bonds is 4. The molecule has 0 aliphatic carbocycles. The molecule has 2 rings (SSSR count). The highest BCUT2D eigenvalue weighted by Gasteiger charge is 2.26. The third-order valence-corrected chi connectivity index (χ3v) is 2.82. The summed E-state index contributed by atoms with van der Waals surface area (Å²) in [5, 5.41) is 4.84. The monoisotopic (exact) mass is 266 g/mol. The molecule has 0 unspecified atom stereocenters. The minimum atomic E-state index is -0.438. The summed E-state index contributed by atoms with van der Waals surface area (Å²) >= 11 is 5.49. The van der Waals surface area contributed by atoms with Crippen molar-refractivity contribution in [2.75, 3.05) is 11.2 Å². The lowest BCUT2D eigenvalue weighted by Gasteiger charge is -2.05. The van der Waals surface area contributed by atoms with E-state index in [9.17, 15) is 14.4 Å². The maximum absolute atomic E-state index is 11.5. The van der Waals surface area contributed by atoms with Crippen molar-refractivity contribution in [1.29, 1.82) is 0 Å². The van der Waals surface area contributed by atoms with Gasteiger partial charge in [-0.15, -0.1) is 11.6 Å². The molecule has 0 aromatic heterocycles. The van der Waals surface area contributed by atoms with Crippen molar-refractivity contribution in [3.05, 3.63) is 29.3 Å². The van der Waals surface area contributed by atoms with Gasteiger partial charge in [-0.25, -0.2) is 0 Å². The van der Waals surface area contributed by atoms with Crippen LogP contribution in [0.4, 0.5) is 5.69 Å². The molecule has 3 amide bonds. The predicted octanol–water partition coefficient (Wildman–Crippen LogP) is 1.53. The number of benzene rings is 1. The van der Waals surface area contributed by atoms with Crippen LogP contribution < -0.4 is 10.6 Å². The molecule has 0 spiro atoms. The Labute approximate surface area is 109 Å². The van der Waals surface area contributed by atoms with Crippen molar-refractivity contribution < 1.29 is 14.4 Å². The minimum absolute atomic E-state index is 0.166. The van der Waals surface area contributed by atoms with Crippen LogP contribution in [0.2, 0.25) is 0 Å². The number of imide groups is 1. The summed E-state index contributed by atoms with van der Waals surface area (Å²) < 4.78 is 0. The molecule has 0 radical (unpaired) electrons. The van der Waals surface area contributed by atoms with Gasteiger partial charge in [0, 0.05) is 18.0 Å². The van der Waals surface area contributed by atoms with E-state index in [-0.39, 0.29) is 11.5 Å². The van der Waals surface area contributed by atoms with Crippen molar-refractivity contribution in [1.82, 2.24) is 5.32 Å². The second kappa shape index (κ2) is 5.18. The zero-order chi connectivity index (χ0) is 13.1. The molecule has 1 aromatic rings. The van der Waals surface area contributed by atoms with E-state index in [1.165, 1.54) is 12.1 Å². The Morgan fingerprint density at radius 3 is 2.67 bits per heavy atom. The Morgan fingerprint density at radius 2 is 1.94 bits per heavy atom. The van der Waals surface area contributed by atoms with Gasteiger partial charge in [0.15, 0.2) is 0 Å². The standard InChI is InChI=1S/C12H11ClN2O3/c13-5-1-2-10(16)14-7-3-4-8-9(6-7)12(18)15-11(8)17/h3-4,6H,1-2,5H2,(H,14,16)(H,15,17,18). The number of hydrogen-bond acceptors (Lipinski definition) is 3. The van der Waals surface area contributed by atoms with Crippen molar-refractivity contribution in [2.45, 2.75) is 12.8 Å². The second-order valence-corrected chi connectivity index (χ2v) is 4.26. The lowest BCUT2D eigenvalue weighted by molar-refractivity contribution is -0.116. The predicted molar refractivity (Wildman–Crippen MR) is 66.8 cm³/mol. The molecular weight excluding hydrogens is 256 g/mol. The third kappa shape index (κ3) is 2.51. The van der Waals surface area contributed by atoms with Gasteiger partial charge in [0.25, 0.3) is 11.8 Å². The van der Waals surface area contributed by atoms with Crippen LogP contribution in [0.3, 0.4) is 0 Å². The molecule has 1 aromatic carbocycles. The number of nitrogens with one attached hydrogen (secondary N) is 2. The van der Waals surface area contributed by atoms with Gasteiger partial charge in [-0.2, -0.15) is 0 Å². The highest BCUT2D eigenvalue weighted by Crippen LogP contribution is 2.20. The molecule has 0 fully saturated rings. The molecule has 0 bridgehead atoms. The highest BCUT2D eigenvalue weighted by molar-refractivity contribution is 6.22. The van der Waals surface area contributed by atoms with E-state index in [1.54, 1.807) is 6.07 Å². The Hall–Kier alpha value is -1.88. The van der Waals surface area contributed by atoms with Crippen LogP contribution in [0.5, 0.6) is 0 Å². The first-order chi connectivity index (χ1) is 8.61. The van der Waals surface area contributed by atoms with Gasteiger partial charge in [-0.05, 0) is 24.6 Å². The summed E-state index contributed by atoms with van der Waals surface area (Å²) in [6.07, 6.45) is 0.920. The van der Waals surface area contributed by atoms with E-state index in [0.717, 1.165) is 0 Å². The molecular formula is C12H11ClN2O3. The van der Waals surface area contributed by atoms with E-state index in [2.05, 4.69) is 10.6 Å². The number of halogens is 1. The number of carbonyl (C=O) groups excluding carboxylic acids is 3. The van der Waals surface area contributed by atoms with Crippen LogP contribution >= 0.6 is 11.6 Å². The van der Waals surface area contributed by atoms with Crippen LogP contribution in [0.15, 0.2) is 18.2 Å². The number of anilines is 1. The lowest BCUT2D eigenvalue weighted by atomic mass is 10.1. The SMILES string of the molecule is O=C(CCCCl)Nc1ccc2c(c1)C(=O)NC2=O. The van der Waals surface area contributed by atoms with Gasteiger partial charge < -0.3 is 5.32 Å². The van der Waals surface area contributed by atoms with Gasteiger partial charge in [-0.3, -0.25) is 19.7 Å². The van der Waals surface area contributed by atoms with Crippen molar-refractivity contribution >= 4 is 35.0 Å². The molecule has 1 heterocycles. The molecule has 6 heteroatoms. The van der Waals surface area contributed by atoms with Crippen LogP contribution in [0.25, 0.3) is 0 Å². The maximum Gasteiger partial charge on any atom is 0.259 e. The fourth-order valence-electron chi connectivity index (χ4n) is 1.70. The summed E-state index contributed by atoms with van der Waals surface area (Å²) in [6, 6.07) is 4.61. The van der Waals surface area contributed by atoms with E-state index in [0.29, 0.717) is 30.0 Å². The normalized spacial score (nSPS) is 13.2. The van der Waals surface area contributed by atoms with Crippen molar-refractivity contribution in [2.24, 2.45) is 0 Å². The largest absolute Gasteiger partial charge is 0.326 e. The lowest BCUT2D eigenvalue weighted by Crippen LogP contribution is -2.19. The molecule has 0 atom stereocenters. The van der Waals surface area contributed by atoms with Crippen LogP contribution in [0, 0.1) is 0 Å². The Balaban J connectivity index is 2.13. The number of hydrogen-bond donors (Lipinski definition) is 2. The van der Waals surface area contributed by atoms with Crippen molar-refractivity contribution in [3.8, 4) is 0 Å². The van der Waals surface area contributed by atoms with Crippen molar-refractivity contribution in [3.63, 3.8) is 0 Å². The number of fused-ring (bicyclic) bond motifs is 1. The molecule has 1 aliphatic rings. The number of carbonyl (C=O) groups is 3. The van der Waals surface area contributed by atoms with Gasteiger partial charge in [0.05, 0.1) is 11.1 Å². The topological polar surface area (TPSA) is 75.3 Å². The van der Waals surface area contributed by atoms with E-state index >= 15 is 0 Å². The van der Waals surface area contributed by atoms with E-state index < -0.39 is 11.8 Å². The first-order valence-corrected chi connectivity index (χ1v) is 6.01. The summed E-state index contributed by atoms with van der Waals surface area (Å²) in [7, 11) is 0. The minimum Gasteiger partial charge on any atom is -0.326 e. The first kappa shape index (κ1) is 12.6. The van der Waals surface area contributed by atoms with Gasteiger partial charge >= 0.3 is 0 Å². The summed E-state index contributed by atoms with van der Waals surface area (Å²) in [6.45, 7) is 0. The molecule has 5 nitrogen and oxygen atoms in total. The number of amides is 3. The molecule has 18 heavy (non-hydrogen) atoms. The van der Waals surface area contributed by atoms with Crippen LogP contribution in [-0.4, -0.2) is 23.6 Å². The smallest absolute Gasteiger partial charge is 0.259 e. The molecule has 1 aliphatic heterocycles. The summed E-state index contributed by atoms with van der Waals surface area (Å²) in [5.41, 5.74) is 1.12. The summed E-state index contributed by atoms with van der Waals surface area (Å²) in [5.74, 6) is -0.587. The third-order valence-electron chi connectivity index (χ3n) is 2.56. The van der Waals surface area contributed by atoms with Gasteiger partial charge in [0.2, 0.25) is 5.91 Å². The quantitative estimate of drug-likeness (QED) is 0.641. The molecule has 0 saturated heterocycles. The maximum atomic E-state index is 11.5. The average molecular weight is 267 g/mol. The molecule has 0 saturated carbocycles. The van der Waals surface area contributed by atoms with Crippen LogP contribution in [-0.2, 0) is 4.79 Å². The highest BCUT2D eigenvalue weighted by atomic mass is 35.5. The Kier molecular flexibility index (Phi) is 3.62. The zero-order valence-corrected chi connectivity index (χ0v) is 10.2. The Morgan fingerprint density at radius 1 is 1.22 bits per heavy atom. The second-order valence-electron chi connectivity index (χ2n) is 3.88. The summed E-state index contributed by atoms with van der Waals surface area (Å²) in [4.78, 5) is 34.2. The van der Waals surface area contributed by atoms with Gasteiger partial charge in [-0.1, -0.05) is 0 Å². The molecule has 94 valence electrons. The number of alkyl halides is 1. The zero-order valence-electron chi connectivity index (χ0n) is 9.46. The van der Waals surface area contributed by atoms with E-state index in [1.807, 2.05) is 0 Å². The fraction of sp³-hybridized carbons (Fsp3) is 0.250. The first-order valence-electron chi connectivity index (χ1n) is 5.47. The van der Waals surface area contributed by atoms with Crippen LogP contribution in [0.1, 0.15) is 33.6 Å². The van der Waals surface area contributed by atoms with E-state index in [4.69, 9.17) is 11.6 Å².